The Bertz CT molecular complexity index is 381. The molecule has 0 spiro atoms. The van der Waals surface area contributed by atoms with Crippen LogP contribution in [0.1, 0.15) is 5.56 Å². The van der Waals surface area contributed by atoms with E-state index in [9.17, 15) is 4.79 Å². The molecule has 0 fully saturated rings. The molecule has 0 radical (unpaired) electrons. The zero-order valence-corrected chi connectivity index (χ0v) is 7.97. The number of carbonyl (C=O) groups is 1. The third-order valence-corrected chi connectivity index (χ3v) is 1.84. The standard InChI is InChI=1S/C10H11N3O2/c11-5-7-1-3-8(4-2-7)13-6-9(14)10(12)15/h1-4,9,13-14H,6H2,(H2,12,15). The predicted molar refractivity (Wildman–Crippen MR) is 54.8 cm³/mol. The molecule has 0 aliphatic rings. The average Bonchev–Trinajstić information content (AvgIpc) is 2.26. The van der Waals surface area contributed by atoms with E-state index in [4.69, 9.17) is 16.1 Å². The molecule has 1 unspecified atom stereocenters. The number of benzene rings is 1. The highest BCUT2D eigenvalue weighted by molar-refractivity contribution is 5.79. The van der Waals surface area contributed by atoms with Crippen LogP contribution in [0, 0.1) is 11.3 Å². The first kappa shape index (κ1) is 11.0. The summed E-state index contributed by atoms with van der Waals surface area (Å²) in [5.41, 5.74) is 6.14. The summed E-state index contributed by atoms with van der Waals surface area (Å²) in [6, 6.07) is 8.64. The summed E-state index contributed by atoms with van der Waals surface area (Å²) >= 11 is 0. The quantitative estimate of drug-likeness (QED) is 0.634. The maximum atomic E-state index is 10.5. The van der Waals surface area contributed by atoms with Gasteiger partial charge < -0.3 is 16.2 Å². The van der Waals surface area contributed by atoms with Crippen molar-refractivity contribution in [2.45, 2.75) is 6.10 Å². The molecule has 0 aliphatic carbocycles. The van der Waals surface area contributed by atoms with Crippen molar-refractivity contribution in [3.8, 4) is 6.07 Å². The molecule has 4 N–H and O–H groups in total. The maximum absolute atomic E-state index is 10.5. The van der Waals surface area contributed by atoms with Crippen molar-refractivity contribution in [3.63, 3.8) is 0 Å². The number of nitrogens with one attached hydrogen (secondary N) is 1. The molecule has 1 aromatic carbocycles. The van der Waals surface area contributed by atoms with Crippen LogP contribution in [0.3, 0.4) is 0 Å². The van der Waals surface area contributed by atoms with E-state index in [1.165, 1.54) is 0 Å². The molecule has 1 rings (SSSR count). The van der Waals surface area contributed by atoms with Gasteiger partial charge in [0.05, 0.1) is 11.6 Å². The van der Waals surface area contributed by atoms with Crippen LogP contribution in [0.5, 0.6) is 0 Å². The van der Waals surface area contributed by atoms with Crippen molar-refractivity contribution < 1.29 is 9.90 Å². The molecule has 0 heterocycles. The van der Waals surface area contributed by atoms with Crippen LogP contribution >= 0.6 is 0 Å². The lowest BCUT2D eigenvalue weighted by atomic mass is 10.2. The van der Waals surface area contributed by atoms with Crippen LogP contribution < -0.4 is 11.1 Å². The molecule has 5 heteroatoms. The fraction of sp³-hybridized carbons (Fsp3) is 0.200. The molecule has 15 heavy (non-hydrogen) atoms. The van der Waals surface area contributed by atoms with E-state index >= 15 is 0 Å². The van der Waals surface area contributed by atoms with E-state index < -0.39 is 12.0 Å². The molecule has 78 valence electrons. The highest BCUT2D eigenvalue weighted by Crippen LogP contribution is 2.08. The molecule has 0 saturated carbocycles. The Morgan fingerprint density at radius 1 is 1.53 bits per heavy atom. The first-order valence-corrected chi connectivity index (χ1v) is 4.35. The van der Waals surface area contributed by atoms with Gasteiger partial charge >= 0.3 is 0 Å². The lowest BCUT2D eigenvalue weighted by Crippen LogP contribution is -2.34. The number of nitriles is 1. The highest BCUT2D eigenvalue weighted by atomic mass is 16.3. The molecule has 1 aromatic rings. The van der Waals surface area contributed by atoms with Gasteiger partial charge in [0.25, 0.3) is 0 Å². The van der Waals surface area contributed by atoms with Gasteiger partial charge in [-0.15, -0.1) is 0 Å². The first-order valence-electron chi connectivity index (χ1n) is 4.35. The number of anilines is 1. The first-order chi connectivity index (χ1) is 7.13. The lowest BCUT2D eigenvalue weighted by molar-refractivity contribution is -0.125. The third kappa shape index (κ3) is 3.29. The van der Waals surface area contributed by atoms with Crippen molar-refractivity contribution in [3.05, 3.63) is 29.8 Å². The topological polar surface area (TPSA) is 99.1 Å². The number of carbonyl (C=O) groups excluding carboxylic acids is 1. The van der Waals surface area contributed by atoms with Crippen LogP contribution in [-0.4, -0.2) is 23.7 Å². The maximum Gasteiger partial charge on any atom is 0.248 e. The predicted octanol–water partition coefficient (Wildman–Crippen LogP) is -0.184. The fourth-order valence-electron chi connectivity index (χ4n) is 0.978. The average molecular weight is 205 g/mol. The van der Waals surface area contributed by atoms with Gasteiger partial charge in [-0.25, -0.2) is 0 Å². The zero-order valence-electron chi connectivity index (χ0n) is 7.97. The van der Waals surface area contributed by atoms with Crippen LogP contribution in [0.2, 0.25) is 0 Å². The lowest BCUT2D eigenvalue weighted by Gasteiger charge is -2.09. The Balaban J connectivity index is 2.52. The normalized spacial score (nSPS) is 11.5. The van der Waals surface area contributed by atoms with Gasteiger partial charge in [-0.1, -0.05) is 0 Å². The molecule has 1 atom stereocenters. The van der Waals surface area contributed by atoms with Gasteiger partial charge in [-0.2, -0.15) is 5.26 Å². The Kier molecular flexibility index (Phi) is 3.66. The molecule has 0 aliphatic heterocycles. The van der Waals surface area contributed by atoms with E-state index in [0.29, 0.717) is 11.3 Å². The summed E-state index contributed by atoms with van der Waals surface area (Å²) in [6.45, 7) is 0.0568. The minimum Gasteiger partial charge on any atom is -0.382 e. The summed E-state index contributed by atoms with van der Waals surface area (Å²) in [5.74, 6) is -0.767. The second kappa shape index (κ2) is 4.98. The van der Waals surface area contributed by atoms with Crippen molar-refractivity contribution in [2.24, 2.45) is 5.73 Å². The fourth-order valence-corrected chi connectivity index (χ4v) is 0.978. The summed E-state index contributed by atoms with van der Waals surface area (Å²) < 4.78 is 0. The molecular weight excluding hydrogens is 194 g/mol. The Morgan fingerprint density at radius 2 is 2.13 bits per heavy atom. The summed E-state index contributed by atoms with van der Waals surface area (Å²) in [7, 11) is 0. The molecule has 0 bridgehead atoms. The van der Waals surface area contributed by atoms with E-state index in [0.717, 1.165) is 0 Å². The number of rotatable bonds is 4. The van der Waals surface area contributed by atoms with E-state index in [2.05, 4.69) is 5.32 Å². The van der Waals surface area contributed by atoms with Crippen molar-refractivity contribution in [1.82, 2.24) is 0 Å². The minimum atomic E-state index is -1.21. The summed E-state index contributed by atoms with van der Waals surface area (Å²) in [5, 5.41) is 20.5. The second-order valence-electron chi connectivity index (χ2n) is 2.99. The van der Waals surface area contributed by atoms with Crippen LogP contribution in [0.25, 0.3) is 0 Å². The van der Waals surface area contributed by atoms with Crippen molar-refractivity contribution >= 4 is 11.6 Å². The molecular formula is C10H11N3O2. The molecule has 5 nitrogen and oxygen atoms in total. The van der Waals surface area contributed by atoms with Gasteiger partial charge in [-0.3, -0.25) is 4.79 Å². The number of nitrogens with zero attached hydrogens (tertiary/aromatic N) is 1. The number of primary amides is 1. The molecule has 0 aromatic heterocycles. The third-order valence-electron chi connectivity index (χ3n) is 1.84. The van der Waals surface area contributed by atoms with Crippen molar-refractivity contribution in [1.29, 1.82) is 5.26 Å². The smallest absolute Gasteiger partial charge is 0.248 e. The number of aliphatic hydroxyl groups excluding tert-OH is 1. The highest BCUT2D eigenvalue weighted by Gasteiger charge is 2.09. The van der Waals surface area contributed by atoms with Crippen LogP contribution in [0.15, 0.2) is 24.3 Å². The van der Waals surface area contributed by atoms with E-state index in [1.54, 1.807) is 24.3 Å². The number of nitrogens with two attached hydrogens (primary N) is 1. The Hall–Kier alpha value is -2.06. The number of hydrogen-bond donors (Lipinski definition) is 3. The largest absolute Gasteiger partial charge is 0.382 e. The van der Waals surface area contributed by atoms with E-state index in [-0.39, 0.29) is 6.54 Å². The minimum absolute atomic E-state index is 0.0568. The second-order valence-corrected chi connectivity index (χ2v) is 2.99. The van der Waals surface area contributed by atoms with Gasteiger partial charge in [0.1, 0.15) is 6.10 Å². The Morgan fingerprint density at radius 3 is 2.60 bits per heavy atom. The van der Waals surface area contributed by atoms with Gasteiger partial charge in [0.15, 0.2) is 0 Å². The van der Waals surface area contributed by atoms with Gasteiger partial charge in [-0.05, 0) is 24.3 Å². The SMILES string of the molecule is N#Cc1ccc(NCC(O)C(N)=O)cc1. The van der Waals surface area contributed by atoms with Crippen molar-refractivity contribution in [2.75, 3.05) is 11.9 Å². The Labute approximate surface area is 87.1 Å². The molecule has 1 amide bonds. The number of amides is 1. The van der Waals surface area contributed by atoms with Gasteiger partial charge in [0, 0.05) is 12.2 Å². The molecule has 0 saturated heterocycles. The van der Waals surface area contributed by atoms with Crippen LogP contribution in [0.4, 0.5) is 5.69 Å². The zero-order chi connectivity index (χ0) is 11.3. The monoisotopic (exact) mass is 205 g/mol. The number of hydrogen-bond acceptors (Lipinski definition) is 4. The van der Waals surface area contributed by atoms with Gasteiger partial charge in [0.2, 0.25) is 5.91 Å². The summed E-state index contributed by atoms with van der Waals surface area (Å²) in [4.78, 5) is 10.5. The summed E-state index contributed by atoms with van der Waals surface area (Å²) in [6.07, 6.45) is -1.21. The number of aliphatic hydroxyl groups is 1. The van der Waals surface area contributed by atoms with E-state index in [1.807, 2.05) is 6.07 Å². The van der Waals surface area contributed by atoms with Crippen LogP contribution in [-0.2, 0) is 4.79 Å².